The smallest absolute Gasteiger partial charge is 0.144 e. The molecule has 1 aromatic rings. The fraction of sp³-hybridized carbons (Fsp3) is 0.750. The van der Waals surface area contributed by atoms with E-state index in [9.17, 15) is 0 Å². The van der Waals surface area contributed by atoms with E-state index in [0.717, 1.165) is 12.2 Å². The van der Waals surface area contributed by atoms with Gasteiger partial charge in [-0.15, -0.1) is 5.10 Å². The lowest BCUT2D eigenvalue weighted by Crippen LogP contribution is -2.30. The van der Waals surface area contributed by atoms with Crippen LogP contribution in [0.15, 0.2) is 6.20 Å². The molecule has 0 aromatic carbocycles. The molecule has 0 amide bonds. The van der Waals surface area contributed by atoms with E-state index in [1.54, 1.807) is 10.9 Å². The summed E-state index contributed by atoms with van der Waals surface area (Å²) in [4.78, 5) is 0. The van der Waals surface area contributed by atoms with Crippen molar-refractivity contribution >= 4 is 5.82 Å². The van der Waals surface area contributed by atoms with E-state index in [0.29, 0.717) is 0 Å². The topological polar surface area (TPSA) is 42.7 Å². The average Bonchev–Trinajstić information content (AvgIpc) is 2.36. The summed E-state index contributed by atoms with van der Waals surface area (Å²) in [7, 11) is 1.88. The highest BCUT2D eigenvalue weighted by Crippen LogP contribution is 2.15. The first-order chi connectivity index (χ1) is 5.55. The van der Waals surface area contributed by atoms with Gasteiger partial charge >= 0.3 is 0 Å². The maximum atomic E-state index is 3.84. The molecule has 0 saturated heterocycles. The first-order valence-corrected chi connectivity index (χ1v) is 4.18. The Balaban J connectivity index is 2.70. The van der Waals surface area contributed by atoms with Crippen LogP contribution in [-0.2, 0) is 7.05 Å². The van der Waals surface area contributed by atoms with Gasteiger partial charge in [-0.25, -0.2) is 4.68 Å². The van der Waals surface area contributed by atoms with E-state index in [1.807, 2.05) is 7.05 Å². The Hall–Kier alpha value is -1.06. The Bertz CT molecular complexity index is 251. The largest absolute Gasteiger partial charge is 0.364 e. The third-order valence-electron chi connectivity index (χ3n) is 2.06. The zero-order valence-electron chi connectivity index (χ0n) is 8.13. The van der Waals surface area contributed by atoms with Gasteiger partial charge in [-0.05, 0) is 20.3 Å². The van der Waals surface area contributed by atoms with Crippen LogP contribution in [0, 0.1) is 0 Å². The first kappa shape index (κ1) is 9.03. The molecule has 0 aliphatic carbocycles. The van der Waals surface area contributed by atoms with Crippen LogP contribution in [0.3, 0.4) is 0 Å². The monoisotopic (exact) mass is 168 g/mol. The Kier molecular flexibility index (Phi) is 2.35. The number of nitrogens with one attached hydrogen (secondary N) is 1. The van der Waals surface area contributed by atoms with Gasteiger partial charge in [0.1, 0.15) is 5.82 Å². The molecular formula is C8H16N4. The molecule has 0 unspecified atom stereocenters. The second-order valence-corrected chi connectivity index (χ2v) is 3.61. The lowest BCUT2D eigenvalue weighted by atomic mass is 10.0. The lowest BCUT2D eigenvalue weighted by Gasteiger charge is -2.24. The Morgan fingerprint density at radius 2 is 2.25 bits per heavy atom. The quantitative estimate of drug-likeness (QED) is 0.742. The van der Waals surface area contributed by atoms with E-state index in [1.165, 1.54) is 0 Å². The Morgan fingerprint density at radius 1 is 1.58 bits per heavy atom. The molecule has 12 heavy (non-hydrogen) atoms. The van der Waals surface area contributed by atoms with Crippen molar-refractivity contribution in [1.82, 2.24) is 15.0 Å². The maximum absolute atomic E-state index is 3.84. The molecule has 1 rings (SSSR count). The number of hydrogen-bond donors (Lipinski definition) is 1. The van der Waals surface area contributed by atoms with Gasteiger partial charge < -0.3 is 5.32 Å². The van der Waals surface area contributed by atoms with Crippen molar-refractivity contribution in [2.45, 2.75) is 32.7 Å². The molecule has 0 saturated carbocycles. The first-order valence-electron chi connectivity index (χ1n) is 4.18. The van der Waals surface area contributed by atoms with Gasteiger partial charge in [-0.2, -0.15) is 0 Å². The number of aromatic nitrogens is 3. The second-order valence-electron chi connectivity index (χ2n) is 3.61. The summed E-state index contributed by atoms with van der Waals surface area (Å²) in [5, 5.41) is 11.0. The minimum absolute atomic E-state index is 0.107. The molecule has 1 heterocycles. The fourth-order valence-electron chi connectivity index (χ4n) is 0.838. The van der Waals surface area contributed by atoms with Crippen LogP contribution < -0.4 is 5.32 Å². The van der Waals surface area contributed by atoms with Crippen molar-refractivity contribution in [2.24, 2.45) is 7.05 Å². The van der Waals surface area contributed by atoms with Crippen LogP contribution in [0.1, 0.15) is 27.2 Å². The fourth-order valence-corrected chi connectivity index (χ4v) is 0.838. The van der Waals surface area contributed by atoms with Gasteiger partial charge in [0, 0.05) is 12.6 Å². The third-order valence-corrected chi connectivity index (χ3v) is 2.06. The van der Waals surface area contributed by atoms with Crippen molar-refractivity contribution in [3.8, 4) is 0 Å². The summed E-state index contributed by atoms with van der Waals surface area (Å²) < 4.78 is 1.73. The van der Waals surface area contributed by atoms with Crippen LogP contribution in [0.5, 0.6) is 0 Å². The molecule has 0 aliphatic heterocycles. The van der Waals surface area contributed by atoms with Crippen LogP contribution in [0.2, 0.25) is 0 Å². The molecule has 4 heteroatoms. The number of aryl methyl sites for hydroxylation is 1. The highest BCUT2D eigenvalue weighted by molar-refractivity contribution is 5.33. The van der Waals surface area contributed by atoms with Crippen LogP contribution in [-0.4, -0.2) is 20.5 Å². The zero-order valence-corrected chi connectivity index (χ0v) is 8.13. The number of rotatable bonds is 3. The Morgan fingerprint density at radius 3 is 2.67 bits per heavy atom. The van der Waals surface area contributed by atoms with E-state index in [-0.39, 0.29) is 5.54 Å². The van der Waals surface area contributed by atoms with E-state index in [4.69, 9.17) is 0 Å². The van der Waals surface area contributed by atoms with Crippen molar-refractivity contribution in [1.29, 1.82) is 0 Å². The molecule has 68 valence electrons. The molecule has 0 aliphatic rings. The molecule has 0 atom stereocenters. The molecule has 4 nitrogen and oxygen atoms in total. The highest BCUT2D eigenvalue weighted by Gasteiger charge is 2.15. The number of anilines is 1. The van der Waals surface area contributed by atoms with Crippen molar-refractivity contribution in [2.75, 3.05) is 5.32 Å². The maximum Gasteiger partial charge on any atom is 0.144 e. The van der Waals surface area contributed by atoms with Gasteiger partial charge in [0.15, 0.2) is 0 Å². The normalized spacial score (nSPS) is 11.7. The predicted octanol–water partition coefficient (Wildman–Crippen LogP) is 1.42. The summed E-state index contributed by atoms with van der Waals surface area (Å²) in [6.45, 7) is 6.46. The van der Waals surface area contributed by atoms with Crippen LogP contribution in [0.4, 0.5) is 5.82 Å². The van der Waals surface area contributed by atoms with E-state index >= 15 is 0 Å². The second kappa shape index (κ2) is 3.13. The van der Waals surface area contributed by atoms with Crippen molar-refractivity contribution in [3.05, 3.63) is 6.20 Å². The molecule has 0 fully saturated rings. The van der Waals surface area contributed by atoms with Gasteiger partial charge in [-0.1, -0.05) is 12.1 Å². The van der Waals surface area contributed by atoms with Crippen molar-refractivity contribution < 1.29 is 0 Å². The molecular weight excluding hydrogens is 152 g/mol. The van der Waals surface area contributed by atoms with Gasteiger partial charge in [0.05, 0.1) is 6.20 Å². The summed E-state index contributed by atoms with van der Waals surface area (Å²) in [6.07, 6.45) is 2.80. The molecule has 1 N–H and O–H groups in total. The highest BCUT2D eigenvalue weighted by atomic mass is 15.4. The third kappa shape index (κ3) is 1.96. The van der Waals surface area contributed by atoms with Crippen LogP contribution >= 0.6 is 0 Å². The summed E-state index contributed by atoms with van der Waals surface area (Å²) in [5.41, 5.74) is 0.107. The molecule has 1 aromatic heterocycles. The lowest BCUT2D eigenvalue weighted by molar-refractivity contribution is 0.538. The van der Waals surface area contributed by atoms with Crippen LogP contribution in [0.25, 0.3) is 0 Å². The predicted molar refractivity (Wildman–Crippen MR) is 49.0 cm³/mol. The number of hydrogen-bond acceptors (Lipinski definition) is 3. The summed E-state index contributed by atoms with van der Waals surface area (Å²) >= 11 is 0. The van der Waals surface area contributed by atoms with Gasteiger partial charge in [0.2, 0.25) is 0 Å². The van der Waals surface area contributed by atoms with E-state index in [2.05, 4.69) is 36.4 Å². The number of nitrogens with zero attached hydrogens (tertiary/aromatic N) is 3. The Labute approximate surface area is 73.0 Å². The zero-order chi connectivity index (χ0) is 9.19. The summed E-state index contributed by atoms with van der Waals surface area (Å²) in [5.74, 6) is 0.960. The van der Waals surface area contributed by atoms with Gasteiger partial charge in [-0.3, -0.25) is 0 Å². The SMILES string of the molecule is CCC(C)(C)Nc1cnnn1C. The van der Waals surface area contributed by atoms with Crippen molar-refractivity contribution in [3.63, 3.8) is 0 Å². The minimum Gasteiger partial charge on any atom is -0.364 e. The molecule has 0 radical (unpaired) electrons. The summed E-state index contributed by atoms with van der Waals surface area (Å²) in [6, 6.07) is 0. The minimum atomic E-state index is 0.107. The molecule has 0 spiro atoms. The standard InChI is InChI=1S/C8H16N4/c1-5-8(2,3)10-7-6-9-11-12(7)4/h6,10H,5H2,1-4H3. The van der Waals surface area contributed by atoms with E-state index < -0.39 is 0 Å². The average molecular weight is 168 g/mol. The van der Waals surface area contributed by atoms with Gasteiger partial charge in [0.25, 0.3) is 0 Å². The molecule has 0 bridgehead atoms.